The minimum Gasteiger partial charge on any atom is -0.356 e. The van der Waals surface area contributed by atoms with Gasteiger partial charge < -0.3 is 10.2 Å². The lowest BCUT2D eigenvalue weighted by Crippen LogP contribution is -2.48. The van der Waals surface area contributed by atoms with Crippen molar-refractivity contribution in [3.8, 4) is 0 Å². The summed E-state index contributed by atoms with van der Waals surface area (Å²) in [6, 6.07) is 20.0. The first kappa shape index (κ1) is 18.2. The Balaban J connectivity index is 1.77. The molecule has 0 saturated carbocycles. The molecule has 0 aliphatic carbocycles. The van der Waals surface area contributed by atoms with Gasteiger partial charge in [0.15, 0.2) is 0 Å². The minimum atomic E-state index is -0.159. The van der Waals surface area contributed by atoms with Gasteiger partial charge in [0.2, 0.25) is 11.8 Å². The number of amides is 2. The smallest absolute Gasteiger partial charge is 0.227 e. The summed E-state index contributed by atoms with van der Waals surface area (Å²) < 4.78 is 0. The van der Waals surface area contributed by atoms with Crippen LogP contribution in [0.3, 0.4) is 0 Å². The van der Waals surface area contributed by atoms with E-state index in [1.807, 2.05) is 60.4 Å². The van der Waals surface area contributed by atoms with Gasteiger partial charge in [-0.05, 0) is 24.5 Å². The number of nitrogens with zero attached hydrogens (tertiary/aromatic N) is 1. The molecule has 2 aromatic carbocycles. The van der Waals surface area contributed by atoms with E-state index in [2.05, 4.69) is 17.4 Å². The van der Waals surface area contributed by atoms with E-state index in [1.54, 1.807) is 0 Å². The lowest BCUT2D eigenvalue weighted by Gasteiger charge is -2.37. The predicted molar refractivity (Wildman–Crippen MR) is 103 cm³/mol. The summed E-state index contributed by atoms with van der Waals surface area (Å²) in [7, 11) is 0. The van der Waals surface area contributed by atoms with E-state index in [9.17, 15) is 9.59 Å². The number of likely N-dealkylation sites (tertiary alicyclic amines) is 1. The number of rotatable bonds is 5. The topological polar surface area (TPSA) is 49.4 Å². The zero-order chi connectivity index (χ0) is 18.4. The van der Waals surface area contributed by atoms with Gasteiger partial charge in [-0.25, -0.2) is 0 Å². The van der Waals surface area contributed by atoms with Crippen LogP contribution < -0.4 is 5.32 Å². The Kier molecular flexibility index (Phi) is 6.05. The third-order valence-corrected chi connectivity index (χ3v) is 4.99. The fourth-order valence-electron chi connectivity index (χ4n) is 3.66. The normalized spacial score (nSPS) is 19.8. The highest BCUT2D eigenvalue weighted by Gasteiger charge is 2.34. The van der Waals surface area contributed by atoms with Crippen LogP contribution in [0.25, 0.3) is 0 Å². The fraction of sp³-hybridized carbons (Fsp3) is 0.364. The molecule has 2 atom stereocenters. The second-order valence-electron chi connectivity index (χ2n) is 6.90. The number of carbonyl (C=O) groups is 2. The quantitative estimate of drug-likeness (QED) is 0.901. The molecular formula is C22H26N2O2. The van der Waals surface area contributed by atoms with Gasteiger partial charge in [0.05, 0.1) is 12.3 Å². The highest BCUT2D eigenvalue weighted by Crippen LogP contribution is 2.30. The molecule has 3 rings (SSSR count). The van der Waals surface area contributed by atoms with Crippen molar-refractivity contribution in [2.45, 2.75) is 25.7 Å². The molecule has 2 aromatic rings. The average Bonchev–Trinajstić information content (AvgIpc) is 2.69. The zero-order valence-electron chi connectivity index (χ0n) is 15.2. The van der Waals surface area contributed by atoms with E-state index >= 15 is 0 Å². The molecule has 4 heteroatoms. The van der Waals surface area contributed by atoms with Crippen molar-refractivity contribution in [2.24, 2.45) is 5.92 Å². The van der Waals surface area contributed by atoms with Gasteiger partial charge >= 0.3 is 0 Å². The number of carbonyl (C=O) groups excluding carboxylic acids is 2. The first-order valence-corrected chi connectivity index (χ1v) is 9.31. The predicted octanol–water partition coefficient (Wildman–Crippen LogP) is 3.00. The number of nitrogens with one attached hydrogen (secondary N) is 1. The van der Waals surface area contributed by atoms with Gasteiger partial charge in [-0.1, -0.05) is 60.7 Å². The van der Waals surface area contributed by atoms with E-state index in [0.29, 0.717) is 26.1 Å². The lowest BCUT2D eigenvalue weighted by atomic mass is 9.84. The summed E-state index contributed by atoms with van der Waals surface area (Å²) in [5.41, 5.74) is 2.20. The highest BCUT2D eigenvalue weighted by atomic mass is 16.2. The summed E-state index contributed by atoms with van der Waals surface area (Å²) in [6.45, 7) is 3.71. The van der Waals surface area contributed by atoms with E-state index in [-0.39, 0.29) is 23.7 Å². The van der Waals surface area contributed by atoms with Crippen molar-refractivity contribution >= 4 is 11.8 Å². The van der Waals surface area contributed by atoms with Gasteiger partial charge in [0.1, 0.15) is 0 Å². The average molecular weight is 350 g/mol. The molecule has 1 fully saturated rings. The Labute approximate surface area is 155 Å². The Morgan fingerprint density at radius 2 is 1.65 bits per heavy atom. The maximum absolute atomic E-state index is 12.9. The number of hydrogen-bond donors (Lipinski definition) is 1. The Morgan fingerprint density at radius 1 is 1.00 bits per heavy atom. The van der Waals surface area contributed by atoms with E-state index < -0.39 is 0 Å². The van der Waals surface area contributed by atoms with Gasteiger partial charge in [-0.3, -0.25) is 9.59 Å². The minimum absolute atomic E-state index is 0.0469. The van der Waals surface area contributed by atoms with Crippen molar-refractivity contribution < 1.29 is 9.59 Å². The van der Waals surface area contributed by atoms with Crippen molar-refractivity contribution in [1.29, 1.82) is 0 Å². The highest BCUT2D eigenvalue weighted by molar-refractivity contribution is 5.82. The fourth-order valence-corrected chi connectivity index (χ4v) is 3.66. The molecule has 2 amide bonds. The summed E-state index contributed by atoms with van der Waals surface area (Å²) in [5, 5.41) is 2.92. The zero-order valence-corrected chi connectivity index (χ0v) is 15.2. The number of hydrogen-bond acceptors (Lipinski definition) is 2. The van der Waals surface area contributed by atoms with Crippen LogP contribution in [-0.4, -0.2) is 36.3 Å². The molecule has 0 bridgehead atoms. The molecular weight excluding hydrogens is 324 g/mol. The Morgan fingerprint density at radius 3 is 2.31 bits per heavy atom. The van der Waals surface area contributed by atoms with Crippen LogP contribution in [0.5, 0.6) is 0 Å². The Bertz CT molecular complexity index is 730. The summed E-state index contributed by atoms with van der Waals surface area (Å²) in [6.07, 6.45) is 1.16. The molecule has 4 nitrogen and oxygen atoms in total. The molecule has 0 radical (unpaired) electrons. The SMILES string of the molecule is CCNC(=O)C1CC(c2ccccc2)CN(C(=O)Cc2ccccc2)C1. The third kappa shape index (κ3) is 4.51. The second-order valence-corrected chi connectivity index (χ2v) is 6.90. The molecule has 1 heterocycles. The van der Waals surface area contributed by atoms with E-state index in [0.717, 1.165) is 12.0 Å². The van der Waals surface area contributed by atoms with Crippen molar-refractivity contribution in [3.63, 3.8) is 0 Å². The van der Waals surface area contributed by atoms with Gasteiger partial charge in [0.25, 0.3) is 0 Å². The third-order valence-electron chi connectivity index (χ3n) is 4.99. The summed E-state index contributed by atoms with van der Waals surface area (Å²) >= 11 is 0. The molecule has 0 aromatic heterocycles. The maximum atomic E-state index is 12.9. The monoisotopic (exact) mass is 350 g/mol. The van der Waals surface area contributed by atoms with Crippen molar-refractivity contribution in [2.75, 3.05) is 19.6 Å². The van der Waals surface area contributed by atoms with Crippen LogP contribution in [0.1, 0.15) is 30.4 Å². The molecule has 26 heavy (non-hydrogen) atoms. The van der Waals surface area contributed by atoms with Crippen molar-refractivity contribution in [1.82, 2.24) is 10.2 Å². The Hall–Kier alpha value is -2.62. The molecule has 1 aliphatic heterocycles. The van der Waals surface area contributed by atoms with Crippen molar-refractivity contribution in [3.05, 3.63) is 71.8 Å². The van der Waals surface area contributed by atoms with Crippen LogP contribution in [-0.2, 0) is 16.0 Å². The number of piperidine rings is 1. The molecule has 136 valence electrons. The standard InChI is InChI=1S/C22H26N2O2/c1-2-23-22(26)20-14-19(18-11-7-4-8-12-18)15-24(16-20)21(25)13-17-9-5-3-6-10-17/h3-12,19-20H,2,13-16H2,1H3,(H,23,26). The summed E-state index contributed by atoms with van der Waals surface area (Å²) in [4.78, 5) is 27.2. The molecule has 1 N–H and O–H groups in total. The molecule has 0 spiro atoms. The van der Waals surface area contributed by atoms with Gasteiger partial charge in [0, 0.05) is 25.6 Å². The van der Waals surface area contributed by atoms with Crippen LogP contribution in [0, 0.1) is 5.92 Å². The van der Waals surface area contributed by atoms with Crippen LogP contribution in [0.4, 0.5) is 0 Å². The van der Waals surface area contributed by atoms with E-state index in [4.69, 9.17) is 0 Å². The van der Waals surface area contributed by atoms with Gasteiger partial charge in [-0.2, -0.15) is 0 Å². The number of benzene rings is 2. The molecule has 1 saturated heterocycles. The first-order chi connectivity index (χ1) is 12.7. The van der Waals surface area contributed by atoms with Crippen LogP contribution in [0.2, 0.25) is 0 Å². The van der Waals surface area contributed by atoms with Crippen LogP contribution in [0.15, 0.2) is 60.7 Å². The molecule has 1 aliphatic rings. The van der Waals surface area contributed by atoms with E-state index in [1.165, 1.54) is 5.56 Å². The maximum Gasteiger partial charge on any atom is 0.227 e. The second kappa shape index (κ2) is 8.65. The van der Waals surface area contributed by atoms with Crippen LogP contribution >= 0.6 is 0 Å². The summed E-state index contributed by atoms with van der Waals surface area (Å²) in [5.74, 6) is 0.169. The first-order valence-electron chi connectivity index (χ1n) is 9.31. The molecule has 2 unspecified atom stereocenters. The lowest BCUT2D eigenvalue weighted by molar-refractivity contribution is -0.135. The van der Waals surface area contributed by atoms with Gasteiger partial charge in [-0.15, -0.1) is 0 Å². The largest absolute Gasteiger partial charge is 0.356 e.